The van der Waals surface area contributed by atoms with Gasteiger partial charge in [-0.25, -0.2) is 23.7 Å². The van der Waals surface area contributed by atoms with Gasteiger partial charge >= 0.3 is 0 Å². The van der Waals surface area contributed by atoms with Gasteiger partial charge in [0.2, 0.25) is 5.88 Å². The van der Waals surface area contributed by atoms with Crippen LogP contribution in [0.25, 0.3) is 0 Å². The number of rotatable bonds is 7. The van der Waals surface area contributed by atoms with Crippen LogP contribution in [0.4, 0.5) is 20.3 Å². The Balaban J connectivity index is 1.75. The number of carbonyl (C=O) groups is 2. The lowest BCUT2D eigenvalue weighted by Crippen LogP contribution is -2.17. The van der Waals surface area contributed by atoms with Gasteiger partial charge in [0.15, 0.2) is 5.82 Å². The van der Waals surface area contributed by atoms with E-state index in [1.54, 1.807) is 13.8 Å². The van der Waals surface area contributed by atoms with Crippen LogP contribution in [0.3, 0.4) is 0 Å². The van der Waals surface area contributed by atoms with Gasteiger partial charge in [0.1, 0.15) is 24.0 Å². The molecular weight excluding hydrogens is 416 g/mol. The highest BCUT2D eigenvalue weighted by Gasteiger charge is 2.18. The van der Waals surface area contributed by atoms with Gasteiger partial charge in [0.05, 0.1) is 29.2 Å². The predicted molar refractivity (Wildman–Crippen MR) is 107 cm³/mol. The Bertz CT molecular complexity index is 1070. The lowest BCUT2D eigenvalue weighted by Gasteiger charge is -2.11. The Morgan fingerprint density at radius 2 is 1.87 bits per heavy atom. The van der Waals surface area contributed by atoms with E-state index in [-0.39, 0.29) is 23.9 Å². The highest BCUT2D eigenvalue weighted by atomic mass is 32.1. The van der Waals surface area contributed by atoms with Crippen LogP contribution >= 0.6 is 11.3 Å². The summed E-state index contributed by atoms with van der Waals surface area (Å²) in [6, 6.07) is 2.40. The number of benzene rings is 1. The molecule has 0 fully saturated rings. The third-order valence-electron chi connectivity index (χ3n) is 3.85. The SMILES string of the molecule is Cc1ncc(C(=O)Nc2cc(C(=O)Nc3cnc(OCCF)cn3)c(F)cc2C)s1. The highest BCUT2D eigenvalue weighted by Crippen LogP contribution is 2.23. The van der Waals surface area contributed by atoms with Crippen molar-refractivity contribution in [3.05, 3.63) is 57.6 Å². The summed E-state index contributed by atoms with van der Waals surface area (Å²) in [4.78, 5) is 37.1. The number of ether oxygens (including phenoxy) is 1. The van der Waals surface area contributed by atoms with E-state index in [9.17, 15) is 18.4 Å². The monoisotopic (exact) mass is 433 g/mol. The fourth-order valence-electron chi connectivity index (χ4n) is 2.41. The summed E-state index contributed by atoms with van der Waals surface area (Å²) in [5.74, 6) is -1.79. The van der Waals surface area contributed by atoms with Crippen LogP contribution in [0, 0.1) is 19.7 Å². The molecule has 156 valence electrons. The first-order valence-electron chi connectivity index (χ1n) is 8.73. The number of hydrogen-bond donors (Lipinski definition) is 2. The van der Waals surface area contributed by atoms with E-state index in [4.69, 9.17) is 4.74 Å². The molecule has 0 radical (unpaired) electrons. The van der Waals surface area contributed by atoms with Crippen LogP contribution in [-0.4, -0.2) is 40.0 Å². The molecule has 0 aliphatic carbocycles. The van der Waals surface area contributed by atoms with Crippen LogP contribution in [0.1, 0.15) is 30.6 Å². The molecule has 0 aliphatic rings. The minimum Gasteiger partial charge on any atom is -0.474 e. The van der Waals surface area contributed by atoms with E-state index >= 15 is 0 Å². The summed E-state index contributed by atoms with van der Waals surface area (Å²) in [6.45, 7) is 2.55. The Morgan fingerprint density at radius 3 is 2.50 bits per heavy atom. The van der Waals surface area contributed by atoms with Crippen LogP contribution in [0.5, 0.6) is 5.88 Å². The third kappa shape index (κ3) is 5.11. The van der Waals surface area contributed by atoms with E-state index in [2.05, 4.69) is 25.6 Å². The average Bonchev–Trinajstić information content (AvgIpc) is 3.16. The molecular formula is C19H17F2N5O3S. The number of nitrogens with zero attached hydrogens (tertiary/aromatic N) is 3. The smallest absolute Gasteiger partial charge is 0.267 e. The minimum absolute atomic E-state index is 0.0540. The summed E-state index contributed by atoms with van der Waals surface area (Å²) in [6.07, 6.45) is 3.85. The number of amides is 2. The third-order valence-corrected chi connectivity index (χ3v) is 4.76. The molecule has 8 nitrogen and oxygen atoms in total. The van der Waals surface area contributed by atoms with Crippen LogP contribution in [0.15, 0.2) is 30.7 Å². The largest absolute Gasteiger partial charge is 0.474 e. The molecule has 11 heteroatoms. The first-order valence-corrected chi connectivity index (χ1v) is 9.55. The Kier molecular flexibility index (Phi) is 6.62. The van der Waals surface area contributed by atoms with Crippen LogP contribution in [-0.2, 0) is 0 Å². The standard InChI is InChI=1S/C19H17F2N5O3S/c1-10-5-13(21)12(6-14(10)25-19(28)15-7-22-11(2)30-15)18(27)26-16-8-24-17(9-23-16)29-4-3-20/h5-9H,3-4H2,1-2H3,(H,25,28)(H,23,26,27). The quantitative estimate of drug-likeness (QED) is 0.590. The molecule has 1 aromatic carbocycles. The molecule has 3 aromatic rings. The molecule has 0 spiro atoms. The number of halogens is 2. The molecule has 2 heterocycles. The minimum atomic E-state index is -0.775. The van der Waals surface area contributed by atoms with E-state index < -0.39 is 24.3 Å². The van der Waals surface area contributed by atoms with Crippen LogP contribution < -0.4 is 15.4 Å². The molecule has 0 aliphatic heterocycles. The second kappa shape index (κ2) is 9.35. The molecule has 3 rings (SSSR count). The van der Waals surface area contributed by atoms with Crippen molar-refractivity contribution in [2.75, 3.05) is 23.9 Å². The normalized spacial score (nSPS) is 10.5. The fraction of sp³-hybridized carbons (Fsp3) is 0.211. The number of alkyl halides is 1. The van der Waals surface area contributed by atoms with Crippen molar-refractivity contribution in [1.29, 1.82) is 0 Å². The molecule has 0 unspecified atom stereocenters. The van der Waals surface area contributed by atoms with E-state index in [1.165, 1.54) is 36.0 Å². The van der Waals surface area contributed by atoms with E-state index in [1.807, 2.05) is 0 Å². The molecule has 0 saturated carbocycles. The summed E-state index contributed by atoms with van der Waals surface area (Å²) in [5, 5.41) is 5.81. The van der Waals surface area contributed by atoms with Gasteiger partial charge in [-0.05, 0) is 31.5 Å². The van der Waals surface area contributed by atoms with Crippen molar-refractivity contribution >= 4 is 34.7 Å². The summed E-state index contributed by atoms with van der Waals surface area (Å²) in [7, 11) is 0. The topological polar surface area (TPSA) is 106 Å². The molecule has 30 heavy (non-hydrogen) atoms. The Labute approximate surface area is 174 Å². The van der Waals surface area contributed by atoms with Crippen LogP contribution in [0.2, 0.25) is 0 Å². The van der Waals surface area contributed by atoms with Crippen molar-refractivity contribution in [2.45, 2.75) is 13.8 Å². The van der Waals surface area contributed by atoms with E-state index in [0.29, 0.717) is 16.1 Å². The predicted octanol–water partition coefficient (Wildman–Crippen LogP) is 3.54. The number of aromatic nitrogens is 3. The number of anilines is 2. The van der Waals surface area contributed by atoms with Crippen molar-refractivity contribution in [2.24, 2.45) is 0 Å². The Hall–Kier alpha value is -3.47. The van der Waals surface area contributed by atoms with Gasteiger partial charge in [-0.2, -0.15) is 0 Å². The zero-order chi connectivity index (χ0) is 21.7. The maximum Gasteiger partial charge on any atom is 0.267 e. The average molecular weight is 433 g/mol. The summed E-state index contributed by atoms with van der Waals surface area (Å²) >= 11 is 1.22. The number of aryl methyl sites for hydroxylation is 2. The van der Waals surface area contributed by atoms with Gasteiger partial charge in [-0.3, -0.25) is 9.59 Å². The fourth-order valence-corrected chi connectivity index (χ4v) is 3.09. The molecule has 2 N–H and O–H groups in total. The molecule has 2 aromatic heterocycles. The first-order chi connectivity index (χ1) is 14.4. The summed E-state index contributed by atoms with van der Waals surface area (Å²) < 4.78 is 31.4. The number of hydrogen-bond acceptors (Lipinski definition) is 7. The summed E-state index contributed by atoms with van der Waals surface area (Å²) in [5.41, 5.74) is 0.461. The lowest BCUT2D eigenvalue weighted by atomic mass is 10.1. The van der Waals surface area contributed by atoms with Crippen molar-refractivity contribution in [3.8, 4) is 5.88 Å². The molecule has 0 atom stereocenters. The number of nitrogens with one attached hydrogen (secondary N) is 2. The van der Waals surface area contributed by atoms with Gasteiger partial charge in [-0.15, -0.1) is 11.3 Å². The van der Waals surface area contributed by atoms with E-state index in [0.717, 1.165) is 11.1 Å². The van der Waals surface area contributed by atoms with Crippen molar-refractivity contribution in [1.82, 2.24) is 15.0 Å². The zero-order valence-corrected chi connectivity index (χ0v) is 16.8. The molecule has 2 amide bonds. The number of thiazole rings is 1. The van der Waals surface area contributed by atoms with Crippen molar-refractivity contribution < 1.29 is 23.1 Å². The van der Waals surface area contributed by atoms with Gasteiger partial charge < -0.3 is 15.4 Å². The second-order valence-corrected chi connectivity index (χ2v) is 7.31. The lowest BCUT2D eigenvalue weighted by molar-refractivity contribution is 0.101. The Morgan fingerprint density at radius 1 is 1.07 bits per heavy atom. The number of carbonyl (C=O) groups excluding carboxylic acids is 2. The zero-order valence-electron chi connectivity index (χ0n) is 16.0. The highest BCUT2D eigenvalue weighted by molar-refractivity contribution is 7.13. The van der Waals surface area contributed by atoms with Crippen molar-refractivity contribution in [3.63, 3.8) is 0 Å². The molecule has 0 bridgehead atoms. The second-order valence-electron chi connectivity index (χ2n) is 6.08. The van der Waals surface area contributed by atoms with Gasteiger partial charge in [0.25, 0.3) is 11.8 Å². The first kappa shape index (κ1) is 21.2. The maximum atomic E-state index is 14.4. The van der Waals surface area contributed by atoms with Gasteiger partial charge in [-0.1, -0.05) is 0 Å². The maximum absolute atomic E-state index is 14.4. The molecule has 0 saturated heterocycles. The van der Waals surface area contributed by atoms with Gasteiger partial charge in [0, 0.05) is 5.69 Å².